The zero-order valence-electron chi connectivity index (χ0n) is 57.8. The van der Waals surface area contributed by atoms with Crippen LogP contribution >= 0.6 is 0 Å². The molecule has 0 bridgehead atoms. The maximum atomic E-state index is 12.4. The van der Waals surface area contributed by atoms with E-state index in [1.807, 2.05) is 0 Å². The van der Waals surface area contributed by atoms with E-state index >= 15 is 0 Å². The molecule has 0 rings (SSSR count). The summed E-state index contributed by atoms with van der Waals surface area (Å²) in [7, 11) is 0. The molecular weight excluding hydrogens is 1050 g/mol. The second-order valence-corrected chi connectivity index (χ2v) is 26.1. The molecule has 86 heavy (non-hydrogen) atoms. The van der Waals surface area contributed by atoms with Gasteiger partial charge in [-0.2, -0.15) is 0 Å². The van der Waals surface area contributed by atoms with Gasteiger partial charge in [-0.25, -0.2) is 0 Å². The van der Waals surface area contributed by atoms with E-state index in [0.29, 0.717) is 12.8 Å². The van der Waals surface area contributed by atoms with Gasteiger partial charge in [0.2, 0.25) is 0 Å². The minimum absolute atomic E-state index is 0.0605. The number of carbonyl (C=O) groups excluding carboxylic acids is 2. The Morgan fingerprint density at radius 3 is 0.756 bits per heavy atom. The Morgan fingerprint density at radius 1 is 0.279 bits per heavy atom. The molecule has 5 heteroatoms. The Kier molecular flexibility index (Phi) is 74.2. The highest BCUT2D eigenvalue weighted by molar-refractivity contribution is 5.70. The van der Waals surface area contributed by atoms with Crippen molar-refractivity contribution in [3.05, 3.63) is 72.9 Å². The lowest BCUT2D eigenvalue weighted by Gasteiger charge is -2.15. The summed E-state index contributed by atoms with van der Waals surface area (Å²) < 4.78 is 10.8. The largest absolute Gasteiger partial charge is 0.462 e. The van der Waals surface area contributed by atoms with Gasteiger partial charge in [0.25, 0.3) is 0 Å². The Labute approximate surface area is 537 Å². The van der Waals surface area contributed by atoms with Crippen LogP contribution in [0.15, 0.2) is 72.9 Å². The third-order valence-corrected chi connectivity index (χ3v) is 17.5. The summed E-state index contributed by atoms with van der Waals surface area (Å²) in [5.41, 5.74) is 0. The van der Waals surface area contributed by atoms with Crippen molar-refractivity contribution in [1.82, 2.24) is 0 Å². The molecule has 1 N–H and O–H groups in total. The van der Waals surface area contributed by atoms with E-state index in [9.17, 15) is 14.7 Å². The maximum Gasteiger partial charge on any atom is 0.306 e. The van der Waals surface area contributed by atoms with Gasteiger partial charge >= 0.3 is 11.9 Å². The summed E-state index contributed by atoms with van der Waals surface area (Å²) in [6.07, 6.45) is 107. The quantitative estimate of drug-likeness (QED) is 0.0373. The second-order valence-electron chi connectivity index (χ2n) is 26.1. The van der Waals surface area contributed by atoms with Gasteiger partial charge in [0.1, 0.15) is 6.61 Å². The molecule has 0 aliphatic heterocycles. The van der Waals surface area contributed by atoms with E-state index in [-0.39, 0.29) is 25.2 Å². The van der Waals surface area contributed by atoms with Crippen molar-refractivity contribution < 1.29 is 24.2 Å². The Bertz CT molecular complexity index is 1500. The predicted octanol–water partition coefficient (Wildman–Crippen LogP) is 27.0. The topological polar surface area (TPSA) is 72.8 Å². The first-order valence-electron chi connectivity index (χ1n) is 38.5. The van der Waals surface area contributed by atoms with Crippen molar-refractivity contribution in [3.63, 3.8) is 0 Å². The van der Waals surface area contributed by atoms with Crippen LogP contribution in [0.2, 0.25) is 0 Å². The number of hydrogen-bond donors (Lipinski definition) is 1. The first-order chi connectivity index (χ1) is 42.6. The van der Waals surface area contributed by atoms with Gasteiger partial charge < -0.3 is 14.6 Å². The molecule has 0 fully saturated rings. The average molecular weight is 1200 g/mol. The van der Waals surface area contributed by atoms with Crippen LogP contribution in [0.4, 0.5) is 0 Å². The molecule has 502 valence electrons. The summed E-state index contributed by atoms with van der Waals surface area (Å²) in [4.78, 5) is 24.7. The van der Waals surface area contributed by atoms with Gasteiger partial charge in [0.15, 0.2) is 6.10 Å². The van der Waals surface area contributed by atoms with Crippen LogP contribution in [-0.4, -0.2) is 36.4 Å². The number of unbranched alkanes of at least 4 members (excludes halogenated alkanes) is 52. The Balaban J connectivity index is 3.38. The highest BCUT2D eigenvalue weighted by Gasteiger charge is 2.16. The standard InChI is InChI=1S/C81H148O5/c1-3-5-7-9-11-13-15-17-19-21-23-25-27-29-31-33-35-37-39-40-42-43-45-47-49-51-53-55-57-59-61-63-65-67-69-71-73-75-80(83)85-78-79(77-82)86-81(84)76-74-72-70-68-66-64-62-60-58-56-54-52-50-48-46-44-41-38-36-34-32-30-28-26-24-22-20-18-16-14-12-10-8-6-4-2/h6,8,12,14-15,17-18,20-21,23-24,26,79,82H,3-5,7,9-11,13,16,19,22,25,27-78H2,1-2H3/b8-6-,14-12-,17-15-,20-18-,23-21-,26-24-. The molecule has 0 saturated carbocycles. The average Bonchev–Trinajstić information content (AvgIpc) is 3.55. The summed E-state index contributed by atoms with van der Waals surface area (Å²) in [5.74, 6) is -0.566. The van der Waals surface area contributed by atoms with Crippen molar-refractivity contribution >= 4 is 11.9 Å². The van der Waals surface area contributed by atoms with Crippen molar-refractivity contribution in [2.45, 2.75) is 418 Å². The number of hydrogen-bond acceptors (Lipinski definition) is 5. The van der Waals surface area contributed by atoms with E-state index in [4.69, 9.17) is 9.47 Å². The highest BCUT2D eigenvalue weighted by atomic mass is 16.6. The zero-order chi connectivity index (χ0) is 61.9. The lowest BCUT2D eigenvalue weighted by atomic mass is 10.0. The molecule has 0 heterocycles. The molecule has 0 aliphatic carbocycles. The Morgan fingerprint density at radius 2 is 0.500 bits per heavy atom. The number of allylic oxidation sites excluding steroid dienone is 12. The number of aliphatic hydroxyl groups is 1. The normalized spacial score (nSPS) is 12.5. The van der Waals surface area contributed by atoms with E-state index in [2.05, 4.69) is 86.8 Å². The van der Waals surface area contributed by atoms with Gasteiger partial charge in [0, 0.05) is 12.8 Å². The molecule has 0 radical (unpaired) electrons. The molecule has 0 aromatic carbocycles. The number of aliphatic hydroxyl groups excluding tert-OH is 1. The third kappa shape index (κ3) is 73.8. The zero-order valence-corrected chi connectivity index (χ0v) is 57.8. The van der Waals surface area contributed by atoms with Crippen LogP contribution in [0.3, 0.4) is 0 Å². The number of ether oxygens (including phenoxy) is 2. The van der Waals surface area contributed by atoms with Crippen LogP contribution in [0, 0.1) is 0 Å². The van der Waals surface area contributed by atoms with Crippen LogP contribution in [-0.2, 0) is 19.1 Å². The van der Waals surface area contributed by atoms with Crippen LogP contribution < -0.4 is 0 Å². The first kappa shape index (κ1) is 83.3. The van der Waals surface area contributed by atoms with E-state index in [1.165, 1.54) is 315 Å². The van der Waals surface area contributed by atoms with Gasteiger partial charge in [-0.1, -0.05) is 389 Å². The predicted molar refractivity (Wildman–Crippen MR) is 380 cm³/mol. The van der Waals surface area contributed by atoms with Crippen molar-refractivity contribution in [2.75, 3.05) is 13.2 Å². The van der Waals surface area contributed by atoms with Crippen molar-refractivity contribution in [3.8, 4) is 0 Å². The molecule has 1 atom stereocenters. The third-order valence-electron chi connectivity index (χ3n) is 17.5. The van der Waals surface area contributed by atoms with E-state index in [0.717, 1.165) is 70.6 Å². The molecule has 0 amide bonds. The highest BCUT2D eigenvalue weighted by Crippen LogP contribution is 2.19. The van der Waals surface area contributed by atoms with Crippen LogP contribution in [0.25, 0.3) is 0 Å². The van der Waals surface area contributed by atoms with Crippen LogP contribution in [0.5, 0.6) is 0 Å². The molecule has 0 aromatic heterocycles. The lowest BCUT2D eigenvalue weighted by molar-refractivity contribution is -0.161. The molecule has 0 aliphatic rings. The SMILES string of the molecule is CC/C=C\C/C=C\C/C=C\C/C=C\CCCCCCCCCCCCCCCCCCCCCCCCC(=O)OC(CO)COC(=O)CCCCCCCCCCCCCCCCCCCCCCCCCCC/C=C\C/C=C\CCCCCCC. The molecule has 0 spiro atoms. The van der Waals surface area contributed by atoms with Crippen LogP contribution in [0.1, 0.15) is 412 Å². The van der Waals surface area contributed by atoms with Gasteiger partial charge in [-0.05, 0) is 83.5 Å². The second kappa shape index (κ2) is 76.6. The fourth-order valence-corrected chi connectivity index (χ4v) is 11.8. The molecule has 0 saturated heterocycles. The van der Waals surface area contributed by atoms with Gasteiger partial charge in [-0.3, -0.25) is 9.59 Å². The fraction of sp³-hybridized carbons (Fsp3) is 0.827. The number of carbonyl (C=O) groups is 2. The van der Waals surface area contributed by atoms with Gasteiger partial charge in [0.05, 0.1) is 6.61 Å². The first-order valence-corrected chi connectivity index (χ1v) is 38.5. The molecule has 5 nitrogen and oxygen atoms in total. The minimum Gasteiger partial charge on any atom is -0.462 e. The van der Waals surface area contributed by atoms with Gasteiger partial charge in [-0.15, -0.1) is 0 Å². The minimum atomic E-state index is -0.772. The smallest absolute Gasteiger partial charge is 0.306 e. The fourth-order valence-electron chi connectivity index (χ4n) is 11.8. The summed E-state index contributed by atoms with van der Waals surface area (Å²) >= 11 is 0. The van der Waals surface area contributed by atoms with Crippen molar-refractivity contribution in [1.29, 1.82) is 0 Å². The maximum absolute atomic E-state index is 12.4. The van der Waals surface area contributed by atoms with E-state index in [1.54, 1.807) is 0 Å². The summed E-state index contributed by atoms with van der Waals surface area (Å²) in [6.45, 7) is 4.08. The van der Waals surface area contributed by atoms with E-state index < -0.39 is 6.10 Å². The molecule has 1 unspecified atom stereocenters. The summed E-state index contributed by atoms with van der Waals surface area (Å²) in [6, 6.07) is 0. The number of rotatable bonds is 72. The Hall–Kier alpha value is -2.66. The summed E-state index contributed by atoms with van der Waals surface area (Å²) in [5, 5.41) is 9.72. The molecular formula is C81H148O5. The molecule has 0 aromatic rings. The number of esters is 2. The lowest BCUT2D eigenvalue weighted by Crippen LogP contribution is -2.28. The monoisotopic (exact) mass is 1200 g/mol. The van der Waals surface area contributed by atoms with Crippen molar-refractivity contribution in [2.24, 2.45) is 0 Å².